The van der Waals surface area contributed by atoms with Gasteiger partial charge in [0.05, 0.1) is 0 Å². The maximum Gasteiger partial charge on any atom is 0.243 e. The molecule has 0 aromatic carbocycles. The van der Waals surface area contributed by atoms with Crippen LogP contribution in [0.15, 0.2) is 18.2 Å². The lowest BCUT2D eigenvalue weighted by atomic mass is 10.0. The van der Waals surface area contributed by atoms with Gasteiger partial charge in [0.2, 0.25) is 5.95 Å². The molecule has 2 aromatic rings. The Morgan fingerprint density at radius 1 is 1.39 bits per heavy atom. The summed E-state index contributed by atoms with van der Waals surface area (Å²) in [7, 11) is 0. The SMILES string of the molecule is Cc1cccc2nc(NC(CCO)C(C)C)nn12. The summed E-state index contributed by atoms with van der Waals surface area (Å²) < 4.78 is 1.82. The average Bonchev–Trinajstić information content (AvgIpc) is 2.72. The highest BCUT2D eigenvalue weighted by atomic mass is 16.3. The molecule has 0 spiro atoms. The number of hydrogen-bond acceptors (Lipinski definition) is 4. The quantitative estimate of drug-likeness (QED) is 0.847. The second-order valence-corrected chi connectivity index (χ2v) is 4.88. The Morgan fingerprint density at radius 3 is 2.78 bits per heavy atom. The van der Waals surface area contributed by atoms with Crippen LogP contribution >= 0.6 is 0 Å². The minimum Gasteiger partial charge on any atom is -0.396 e. The molecule has 0 aliphatic rings. The van der Waals surface area contributed by atoms with Crippen LogP contribution in [-0.2, 0) is 0 Å². The number of aryl methyl sites for hydroxylation is 1. The van der Waals surface area contributed by atoms with E-state index in [-0.39, 0.29) is 12.6 Å². The number of rotatable bonds is 5. The molecule has 0 aliphatic heterocycles. The van der Waals surface area contributed by atoms with Gasteiger partial charge in [0, 0.05) is 18.3 Å². The molecule has 2 aromatic heterocycles. The predicted octanol–water partition coefficient (Wildman–Crippen LogP) is 1.86. The molecule has 0 saturated carbocycles. The summed E-state index contributed by atoms with van der Waals surface area (Å²) in [6, 6.07) is 6.09. The van der Waals surface area contributed by atoms with E-state index in [0.717, 1.165) is 11.3 Å². The molecule has 5 nitrogen and oxygen atoms in total. The first-order valence-electron chi connectivity index (χ1n) is 6.31. The third-order valence-electron chi connectivity index (χ3n) is 3.11. The summed E-state index contributed by atoms with van der Waals surface area (Å²) in [5.41, 5.74) is 1.89. The molecular weight excluding hydrogens is 228 g/mol. The molecule has 1 unspecified atom stereocenters. The van der Waals surface area contributed by atoms with Gasteiger partial charge in [-0.3, -0.25) is 0 Å². The number of pyridine rings is 1. The number of nitrogens with zero attached hydrogens (tertiary/aromatic N) is 3. The predicted molar refractivity (Wildman–Crippen MR) is 71.7 cm³/mol. The normalized spacial score (nSPS) is 13.2. The highest BCUT2D eigenvalue weighted by molar-refractivity contribution is 5.44. The van der Waals surface area contributed by atoms with E-state index in [2.05, 4.69) is 29.2 Å². The first kappa shape index (κ1) is 12.8. The van der Waals surface area contributed by atoms with Crippen LogP contribution < -0.4 is 5.32 Å². The van der Waals surface area contributed by atoms with Crippen molar-refractivity contribution in [1.82, 2.24) is 14.6 Å². The van der Waals surface area contributed by atoms with Gasteiger partial charge in [0.25, 0.3) is 0 Å². The summed E-state index contributed by atoms with van der Waals surface area (Å²) in [6.45, 7) is 6.41. The number of aliphatic hydroxyl groups is 1. The van der Waals surface area contributed by atoms with Crippen molar-refractivity contribution < 1.29 is 5.11 Å². The standard InChI is InChI=1S/C13H20N4O/c1-9(2)11(7-8-18)14-13-15-12-6-4-5-10(3)17(12)16-13/h4-6,9,11,18H,7-8H2,1-3H3,(H,14,16). The van der Waals surface area contributed by atoms with Crippen molar-refractivity contribution in [3.05, 3.63) is 23.9 Å². The van der Waals surface area contributed by atoms with Gasteiger partial charge in [0.15, 0.2) is 5.65 Å². The smallest absolute Gasteiger partial charge is 0.243 e. The third-order valence-corrected chi connectivity index (χ3v) is 3.11. The van der Waals surface area contributed by atoms with E-state index < -0.39 is 0 Å². The maximum atomic E-state index is 9.06. The molecule has 0 amide bonds. The van der Waals surface area contributed by atoms with Gasteiger partial charge in [-0.25, -0.2) is 4.52 Å². The van der Waals surface area contributed by atoms with E-state index in [9.17, 15) is 0 Å². The first-order valence-corrected chi connectivity index (χ1v) is 6.31. The number of hydrogen-bond donors (Lipinski definition) is 2. The summed E-state index contributed by atoms with van der Waals surface area (Å²) in [5, 5.41) is 16.8. The summed E-state index contributed by atoms with van der Waals surface area (Å²) in [5.74, 6) is 1.04. The monoisotopic (exact) mass is 248 g/mol. The molecule has 1 atom stereocenters. The third kappa shape index (κ3) is 2.61. The Morgan fingerprint density at radius 2 is 2.17 bits per heavy atom. The maximum absolute atomic E-state index is 9.06. The highest BCUT2D eigenvalue weighted by Gasteiger charge is 2.15. The number of anilines is 1. The second-order valence-electron chi connectivity index (χ2n) is 4.88. The topological polar surface area (TPSA) is 62.5 Å². The van der Waals surface area contributed by atoms with Crippen molar-refractivity contribution in [3.8, 4) is 0 Å². The molecule has 0 aliphatic carbocycles. The fourth-order valence-corrected chi connectivity index (χ4v) is 1.97. The number of nitrogens with one attached hydrogen (secondary N) is 1. The molecule has 2 rings (SSSR count). The Hall–Kier alpha value is -1.62. The van der Waals surface area contributed by atoms with Gasteiger partial charge in [-0.15, -0.1) is 5.10 Å². The van der Waals surface area contributed by atoms with Gasteiger partial charge in [-0.1, -0.05) is 19.9 Å². The average molecular weight is 248 g/mol. The lowest BCUT2D eigenvalue weighted by Crippen LogP contribution is -2.27. The van der Waals surface area contributed by atoms with E-state index in [1.54, 1.807) is 0 Å². The molecule has 98 valence electrons. The summed E-state index contributed by atoms with van der Waals surface area (Å²) in [6.07, 6.45) is 0.701. The lowest BCUT2D eigenvalue weighted by Gasteiger charge is -2.20. The van der Waals surface area contributed by atoms with Crippen molar-refractivity contribution in [3.63, 3.8) is 0 Å². The largest absolute Gasteiger partial charge is 0.396 e. The Kier molecular flexibility index (Phi) is 3.81. The van der Waals surface area contributed by atoms with Crippen LogP contribution in [0.1, 0.15) is 26.0 Å². The van der Waals surface area contributed by atoms with E-state index in [1.807, 2.05) is 29.6 Å². The minimum atomic E-state index is 0.169. The molecule has 18 heavy (non-hydrogen) atoms. The molecular formula is C13H20N4O. The van der Waals surface area contributed by atoms with Crippen molar-refractivity contribution in [1.29, 1.82) is 0 Å². The van der Waals surface area contributed by atoms with E-state index in [1.165, 1.54) is 0 Å². The summed E-state index contributed by atoms with van der Waals surface area (Å²) in [4.78, 5) is 4.44. The van der Waals surface area contributed by atoms with Gasteiger partial charge in [-0.2, -0.15) is 4.98 Å². The molecule has 0 bridgehead atoms. The first-order chi connectivity index (χ1) is 8.61. The Balaban J connectivity index is 2.23. The lowest BCUT2D eigenvalue weighted by molar-refractivity contribution is 0.267. The minimum absolute atomic E-state index is 0.169. The Labute approximate surface area is 107 Å². The van der Waals surface area contributed by atoms with Crippen molar-refractivity contribution in [2.24, 2.45) is 5.92 Å². The fourth-order valence-electron chi connectivity index (χ4n) is 1.97. The number of fused-ring (bicyclic) bond motifs is 1. The van der Waals surface area contributed by atoms with Crippen LogP contribution in [0, 0.1) is 12.8 Å². The molecule has 5 heteroatoms. The van der Waals surface area contributed by atoms with Crippen LogP contribution in [0.3, 0.4) is 0 Å². The Bertz CT molecular complexity index is 521. The fraction of sp³-hybridized carbons (Fsp3) is 0.538. The van der Waals surface area contributed by atoms with Crippen LogP contribution in [-0.4, -0.2) is 32.4 Å². The van der Waals surface area contributed by atoms with Crippen LogP contribution in [0.4, 0.5) is 5.95 Å². The zero-order valence-corrected chi connectivity index (χ0v) is 11.1. The number of aliphatic hydroxyl groups excluding tert-OH is 1. The molecule has 2 heterocycles. The summed E-state index contributed by atoms with van der Waals surface area (Å²) >= 11 is 0. The van der Waals surface area contributed by atoms with E-state index >= 15 is 0 Å². The molecule has 0 radical (unpaired) electrons. The van der Waals surface area contributed by atoms with Crippen LogP contribution in [0.5, 0.6) is 0 Å². The van der Waals surface area contributed by atoms with E-state index in [0.29, 0.717) is 18.3 Å². The van der Waals surface area contributed by atoms with Gasteiger partial charge >= 0.3 is 0 Å². The van der Waals surface area contributed by atoms with Gasteiger partial charge in [-0.05, 0) is 31.4 Å². The van der Waals surface area contributed by atoms with Gasteiger partial charge in [0.1, 0.15) is 0 Å². The molecule has 2 N–H and O–H groups in total. The molecule has 0 fully saturated rings. The van der Waals surface area contributed by atoms with Gasteiger partial charge < -0.3 is 10.4 Å². The highest BCUT2D eigenvalue weighted by Crippen LogP contribution is 2.14. The van der Waals surface area contributed by atoms with Crippen molar-refractivity contribution in [2.45, 2.75) is 33.2 Å². The molecule has 0 saturated heterocycles. The van der Waals surface area contributed by atoms with Crippen LogP contribution in [0.25, 0.3) is 5.65 Å². The van der Waals surface area contributed by atoms with E-state index in [4.69, 9.17) is 5.11 Å². The zero-order chi connectivity index (χ0) is 13.1. The zero-order valence-electron chi connectivity index (χ0n) is 11.1. The van der Waals surface area contributed by atoms with Crippen LogP contribution in [0.2, 0.25) is 0 Å². The van der Waals surface area contributed by atoms with Crippen molar-refractivity contribution in [2.75, 3.05) is 11.9 Å². The second kappa shape index (κ2) is 5.35. The van der Waals surface area contributed by atoms with Crippen molar-refractivity contribution >= 4 is 11.6 Å². The number of aromatic nitrogens is 3.